The number of ether oxygens (including phenoxy) is 1. The number of anilines is 1. The molecule has 1 aliphatic heterocycles. The number of hydrogen-bond acceptors (Lipinski definition) is 7. The van der Waals surface area contributed by atoms with Gasteiger partial charge in [-0.05, 0) is 55.7 Å². The number of rotatable bonds is 5. The fourth-order valence-corrected chi connectivity index (χ4v) is 4.46. The van der Waals surface area contributed by atoms with Crippen LogP contribution in [-0.2, 0) is 9.84 Å². The van der Waals surface area contributed by atoms with Crippen LogP contribution in [0.5, 0.6) is 5.75 Å². The monoisotopic (exact) mass is 388 g/mol. The molecular weight excluding hydrogens is 368 g/mol. The van der Waals surface area contributed by atoms with Gasteiger partial charge in [0.05, 0.1) is 18.3 Å². The average molecular weight is 388 g/mol. The van der Waals surface area contributed by atoms with Crippen LogP contribution in [0.1, 0.15) is 19.3 Å². The molecule has 1 aliphatic rings. The van der Waals surface area contributed by atoms with E-state index in [0.717, 1.165) is 32.4 Å². The number of benzene rings is 1. The Morgan fingerprint density at radius 2 is 1.81 bits per heavy atom. The van der Waals surface area contributed by atoms with Gasteiger partial charge in [0.25, 0.3) is 5.89 Å². The van der Waals surface area contributed by atoms with Crippen LogP contribution in [0.15, 0.2) is 61.4 Å². The van der Waals surface area contributed by atoms with E-state index in [1.807, 2.05) is 4.90 Å². The molecule has 2 aromatic heterocycles. The Hall–Kier alpha value is -2.74. The zero-order valence-electron chi connectivity index (χ0n) is 14.9. The SMILES string of the molecule is COc1ccc(S(=O)(=O)c2nc(-c3ccco3)oc2N2CCCCC2)cc1. The summed E-state index contributed by atoms with van der Waals surface area (Å²) in [7, 11) is -2.32. The van der Waals surface area contributed by atoms with Gasteiger partial charge in [-0.25, -0.2) is 8.42 Å². The highest BCUT2D eigenvalue weighted by atomic mass is 32.2. The van der Waals surface area contributed by atoms with Crippen molar-refractivity contribution in [2.24, 2.45) is 0 Å². The largest absolute Gasteiger partial charge is 0.497 e. The third-order valence-electron chi connectivity index (χ3n) is 4.58. The van der Waals surface area contributed by atoms with Crippen LogP contribution in [0.3, 0.4) is 0 Å². The van der Waals surface area contributed by atoms with E-state index >= 15 is 0 Å². The normalized spacial score (nSPS) is 15.1. The fourth-order valence-electron chi connectivity index (χ4n) is 3.14. The summed E-state index contributed by atoms with van der Waals surface area (Å²) in [5.41, 5.74) is 0. The topological polar surface area (TPSA) is 85.8 Å². The van der Waals surface area contributed by atoms with E-state index in [9.17, 15) is 8.42 Å². The minimum Gasteiger partial charge on any atom is -0.497 e. The van der Waals surface area contributed by atoms with Crippen LogP contribution in [0.2, 0.25) is 0 Å². The Morgan fingerprint density at radius 1 is 1.07 bits per heavy atom. The Bertz CT molecular complexity index is 1000. The first-order chi connectivity index (χ1) is 13.1. The van der Waals surface area contributed by atoms with E-state index in [4.69, 9.17) is 13.6 Å². The van der Waals surface area contributed by atoms with Gasteiger partial charge in [0.1, 0.15) is 5.75 Å². The van der Waals surface area contributed by atoms with Crippen LogP contribution in [0.4, 0.5) is 5.88 Å². The predicted octanol–water partition coefficient (Wildman–Crippen LogP) is 3.77. The minimum absolute atomic E-state index is 0.0824. The molecule has 142 valence electrons. The lowest BCUT2D eigenvalue weighted by Crippen LogP contribution is -2.30. The average Bonchev–Trinajstić information content (AvgIpc) is 3.38. The second kappa shape index (κ2) is 7.11. The summed E-state index contributed by atoms with van der Waals surface area (Å²) in [6, 6.07) is 9.64. The van der Waals surface area contributed by atoms with E-state index in [1.54, 1.807) is 24.3 Å². The maximum absolute atomic E-state index is 13.3. The lowest BCUT2D eigenvalue weighted by molar-refractivity contribution is 0.414. The van der Waals surface area contributed by atoms with Crippen molar-refractivity contribution in [3.63, 3.8) is 0 Å². The molecular formula is C19H20N2O5S. The molecule has 1 saturated heterocycles. The van der Waals surface area contributed by atoms with Crippen molar-refractivity contribution in [3.05, 3.63) is 42.7 Å². The minimum atomic E-state index is -3.86. The molecule has 0 atom stereocenters. The first-order valence-corrected chi connectivity index (χ1v) is 10.3. The first kappa shape index (κ1) is 17.7. The molecule has 3 heterocycles. The summed E-state index contributed by atoms with van der Waals surface area (Å²) in [6.07, 6.45) is 4.59. The molecule has 0 unspecified atom stereocenters. The lowest BCUT2D eigenvalue weighted by atomic mass is 10.1. The van der Waals surface area contributed by atoms with Gasteiger partial charge in [-0.2, -0.15) is 4.98 Å². The molecule has 1 fully saturated rings. The molecule has 0 amide bonds. The number of aromatic nitrogens is 1. The highest BCUT2D eigenvalue weighted by Gasteiger charge is 2.32. The number of furan rings is 1. The van der Waals surface area contributed by atoms with Crippen LogP contribution in [-0.4, -0.2) is 33.6 Å². The third-order valence-corrected chi connectivity index (χ3v) is 6.25. The maximum Gasteiger partial charge on any atom is 0.266 e. The van der Waals surface area contributed by atoms with Crippen LogP contribution >= 0.6 is 0 Å². The highest BCUT2D eigenvalue weighted by Crippen LogP contribution is 2.36. The van der Waals surface area contributed by atoms with E-state index < -0.39 is 9.84 Å². The summed E-state index contributed by atoms with van der Waals surface area (Å²) in [5.74, 6) is 1.41. The molecule has 0 N–H and O–H groups in total. The van der Waals surface area contributed by atoms with Gasteiger partial charge in [-0.3, -0.25) is 0 Å². The molecule has 27 heavy (non-hydrogen) atoms. The van der Waals surface area contributed by atoms with Crippen LogP contribution < -0.4 is 9.64 Å². The molecule has 1 aromatic carbocycles. The maximum atomic E-state index is 13.3. The van der Waals surface area contributed by atoms with Gasteiger partial charge in [-0.15, -0.1) is 0 Å². The summed E-state index contributed by atoms with van der Waals surface area (Å²) in [4.78, 5) is 6.38. The number of hydrogen-bond donors (Lipinski definition) is 0. The molecule has 0 radical (unpaired) electrons. The van der Waals surface area contributed by atoms with Crippen molar-refractivity contribution < 1.29 is 22.0 Å². The number of sulfone groups is 1. The van der Waals surface area contributed by atoms with Crippen molar-refractivity contribution in [1.82, 2.24) is 4.98 Å². The third kappa shape index (κ3) is 3.32. The molecule has 0 spiro atoms. The van der Waals surface area contributed by atoms with Crippen molar-refractivity contribution in [3.8, 4) is 17.4 Å². The molecule has 0 aliphatic carbocycles. The molecule has 8 heteroatoms. The van der Waals surface area contributed by atoms with Crippen molar-refractivity contribution >= 4 is 15.7 Å². The Morgan fingerprint density at radius 3 is 2.44 bits per heavy atom. The highest BCUT2D eigenvalue weighted by molar-refractivity contribution is 7.91. The summed E-state index contributed by atoms with van der Waals surface area (Å²) in [6.45, 7) is 1.47. The number of oxazole rings is 1. The number of nitrogens with zero attached hydrogens (tertiary/aromatic N) is 2. The van der Waals surface area contributed by atoms with E-state index in [0.29, 0.717) is 11.5 Å². The number of piperidine rings is 1. The van der Waals surface area contributed by atoms with Gasteiger partial charge in [0, 0.05) is 13.1 Å². The van der Waals surface area contributed by atoms with Gasteiger partial charge >= 0.3 is 0 Å². The van der Waals surface area contributed by atoms with E-state index in [1.165, 1.54) is 25.5 Å². The van der Waals surface area contributed by atoms with Gasteiger partial charge in [0.2, 0.25) is 20.7 Å². The zero-order valence-corrected chi connectivity index (χ0v) is 15.7. The van der Waals surface area contributed by atoms with Crippen LogP contribution in [0, 0.1) is 0 Å². The molecule has 7 nitrogen and oxygen atoms in total. The smallest absolute Gasteiger partial charge is 0.266 e. The standard InChI is InChI=1S/C19H20N2O5S/c1-24-14-7-9-15(10-8-14)27(22,23)18-19(21-11-3-2-4-12-21)26-17(20-18)16-6-5-13-25-16/h5-10,13H,2-4,11-12H2,1H3. The van der Waals surface area contributed by atoms with Gasteiger partial charge < -0.3 is 18.5 Å². The van der Waals surface area contributed by atoms with Crippen molar-refractivity contribution in [2.45, 2.75) is 29.2 Å². The molecule has 0 saturated carbocycles. The summed E-state index contributed by atoms with van der Waals surface area (Å²) >= 11 is 0. The van der Waals surface area contributed by atoms with Gasteiger partial charge in [0.15, 0.2) is 5.76 Å². The van der Waals surface area contributed by atoms with Gasteiger partial charge in [-0.1, -0.05) is 0 Å². The fraction of sp³-hybridized carbons (Fsp3) is 0.316. The second-order valence-corrected chi connectivity index (χ2v) is 8.20. The van der Waals surface area contributed by atoms with E-state index in [-0.39, 0.29) is 21.7 Å². The quantitative estimate of drug-likeness (QED) is 0.658. The Labute approximate surface area is 157 Å². The summed E-state index contributed by atoms with van der Waals surface area (Å²) < 4.78 is 42.8. The molecule has 0 bridgehead atoms. The van der Waals surface area contributed by atoms with Crippen molar-refractivity contribution in [1.29, 1.82) is 0 Å². The first-order valence-electron chi connectivity index (χ1n) is 8.78. The predicted molar refractivity (Wildman–Crippen MR) is 98.7 cm³/mol. The van der Waals surface area contributed by atoms with Crippen LogP contribution in [0.25, 0.3) is 11.7 Å². The Kier molecular flexibility index (Phi) is 4.65. The van der Waals surface area contributed by atoms with E-state index in [2.05, 4.69) is 4.98 Å². The second-order valence-electron chi connectivity index (χ2n) is 6.33. The van der Waals surface area contributed by atoms with Crippen molar-refractivity contribution in [2.75, 3.05) is 25.1 Å². The Balaban J connectivity index is 1.81. The zero-order chi connectivity index (χ0) is 18.9. The lowest BCUT2D eigenvalue weighted by Gasteiger charge is -2.26. The molecule has 3 aromatic rings. The molecule has 4 rings (SSSR count). The number of methoxy groups -OCH3 is 1. The summed E-state index contributed by atoms with van der Waals surface area (Å²) in [5, 5.41) is -0.0824.